The van der Waals surface area contributed by atoms with Crippen molar-refractivity contribution in [2.24, 2.45) is 40.4 Å². The minimum atomic E-state index is -0.0440. The van der Waals surface area contributed by atoms with Crippen molar-refractivity contribution < 1.29 is 9.84 Å². The molecule has 0 aromatic heterocycles. The van der Waals surface area contributed by atoms with Crippen LogP contribution in [-0.2, 0) is 4.74 Å². The highest BCUT2D eigenvalue weighted by Gasteiger charge is 2.60. The first kappa shape index (κ1) is 17.9. The Balaban J connectivity index is 1.59. The van der Waals surface area contributed by atoms with Crippen LogP contribution >= 0.6 is 0 Å². The maximum Gasteiger partial charge on any atom is 0.120 e. The second-order valence-electron chi connectivity index (χ2n) is 10.1. The molecule has 0 aliphatic heterocycles. The highest BCUT2D eigenvalue weighted by atomic mass is 16.5. The van der Waals surface area contributed by atoms with E-state index >= 15 is 0 Å². The fraction of sp³-hybridized carbons (Fsp3) is 0.913. The van der Waals surface area contributed by atoms with Gasteiger partial charge < -0.3 is 9.84 Å². The zero-order chi connectivity index (χ0) is 17.8. The van der Waals surface area contributed by atoms with Crippen molar-refractivity contribution in [1.29, 1.82) is 0 Å². The third kappa shape index (κ3) is 2.53. The Labute approximate surface area is 154 Å². The molecule has 1 N–H and O–H groups in total. The lowest BCUT2D eigenvalue weighted by atomic mass is 9.44. The Morgan fingerprint density at radius 2 is 1.72 bits per heavy atom. The van der Waals surface area contributed by atoms with E-state index in [1.165, 1.54) is 44.9 Å². The second-order valence-corrected chi connectivity index (χ2v) is 10.1. The minimum absolute atomic E-state index is 0.0108. The minimum Gasteiger partial charge on any atom is -0.393 e. The number of ether oxygens (including phenoxy) is 1. The summed E-state index contributed by atoms with van der Waals surface area (Å²) in [6.07, 6.45) is 17.0. The van der Waals surface area contributed by atoms with Crippen molar-refractivity contribution in [2.45, 2.75) is 83.8 Å². The molecule has 2 nitrogen and oxygen atoms in total. The average Bonchev–Trinajstić information content (AvgIpc) is 2.94. The molecule has 0 spiro atoms. The molecule has 0 saturated heterocycles. The van der Waals surface area contributed by atoms with Crippen LogP contribution < -0.4 is 0 Å². The van der Waals surface area contributed by atoms with Crippen molar-refractivity contribution in [3.8, 4) is 12.3 Å². The predicted octanol–water partition coefficient (Wildman–Crippen LogP) is 4.65. The fourth-order valence-electron chi connectivity index (χ4n) is 8.12. The largest absolute Gasteiger partial charge is 0.393 e. The number of rotatable bonds is 2. The van der Waals surface area contributed by atoms with Gasteiger partial charge in [-0.2, -0.15) is 0 Å². The Morgan fingerprint density at radius 3 is 2.44 bits per heavy atom. The third-order valence-electron chi connectivity index (χ3n) is 9.50. The summed E-state index contributed by atoms with van der Waals surface area (Å²) in [6, 6.07) is 0. The highest BCUT2D eigenvalue weighted by molar-refractivity contribution is 5.13. The molecule has 140 valence electrons. The number of aliphatic hydroxyl groups excluding tert-OH is 1. The summed E-state index contributed by atoms with van der Waals surface area (Å²) < 4.78 is 5.69. The van der Waals surface area contributed by atoms with Gasteiger partial charge in [0, 0.05) is 13.0 Å². The zero-order valence-electron chi connectivity index (χ0n) is 16.3. The van der Waals surface area contributed by atoms with E-state index in [0.717, 1.165) is 36.5 Å². The summed E-state index contributed by atoms with van der Waals surface area (Å²) in [7, 11) is 1.78. The number of aliphatic hydroxyl groups is 1. The summed E-state index contributed by atoms with van der Waals surface area (Å²) in [6.45, 7) is 5.09. The topological polar surface area (TPSA) is 29.5 Å². The summed E-state index contributed by atoms with van der Waals surface area (Å²) in [5.74, 6) is 6.77. The third-order valence-corrected chi connectivity index (χ3v) is 9.50. The Morgan fingerprint density at radius 1 is 1.00 bits per heavy atom. The molecule has 0 amide bonds. The lowest BCUT2D eigenvalue weighted by Gasteiger charge is -2.61. The highest BCUT2D eigenvalue weighted by Crippen LogP contribution is 2.67. The SMILES string of the molecule is C#C[C@H](OC)[C@H]1CCC2C3CC[C@H]4C[C@H](O)CC[C@]4(C)C3CC[C@@]21C. The van der Waals surface area contributed by atoms with E-state index in [1.807, 2.05) is 0 Å². The van der Waals surface area contributed by atoms with Crippen LogP contribution in [0, 0.1) is 52.8 Å². The van der Waals surface area contributed by atoms with E-state index in [-0.39, 0.29) is 12.2 Å². The molecule has 4 rings (SSSR count). The lowest BCUT2D eigenvalue weighted by Crippen LogP contribution is -2.54. The first-order chi connectivity index (χ1) is 11.9. The second kappa shape index (κ2) is 6.28. The van der Waals surface area contributed by atoms with Gasteiger partial charge in [-0.25, -0.2) is 0 Å². The van der Waals surface area contributed by atoms with Gasteiger partial charge in [-0.05, 0) is 92.3 Å². The Kier molecular flexibility index (Phi) is 4.49. The standard InChI is InChI=1S/C23H36O2/c1-5-21(25-4)20-9-8-18-17-7-6-15-14-16(24)10-12-22(15,2)19(17)11-13-23(18,20)3/h1,15-21,24H,6-14H2,2-4H3/t15-,16+,17?,18?,19?,20+,21-,22-,23-/m0/s1. The van der Waals surface area contributed by atoms with Crippen LogP contribution in [0.5, 0.6) is 0 Å². The Hall–Kier alpha value is -0.520. The maximum absolute atomic E-state index is 10.2. The summed E-state index contributed by atoms with van der Waals surface area (Å²) in [5, 5.41) is 10.2. The molecule has 4 fully saturated rings. The number of fused-ring (bicyclic) bond motifs is 5. The molecule has 0 aromatic rings. The van der Waals surface area contributed by atoms with Gasteiger partial charge in [-0.3, -0.25) is 0 Å². The quantitative estimate of drug-likeness (QED) is 0.739. The van der Waals surface area contributed by atoms with Gasteiger partial charge in [0.05, 0.1) is 6.10 Å². The van der Waals surface area contributed by atoms with Crippen LogP contribution in [0.4, 0.5) is 0 Å². The molecule has 25 heavy (non-hydrogen) atoms. The normalized spacial score (nSPS) is 53.2. The van der Waals surface area contributed by atoms with Crippen LogP contribution in [0.2, 0.25) is 0 Å². The lowest BCUT2D eigenvalue weighted by molar-refractivity contribution is -0.131. The molecular weight excluding hydrogens is 308 g/mol. The molecule has 9 atom stereocenters. The van der Waals surface area contributed by atoms with Gasteiger partial charge in [0.25, 0.3) is 0 Å². The molecule has 0 radical (unpaired) electrons. The van der Waals surface area contributed by atoms with Gasteiger partial charge >= 0.3 is 0 Å². The van der Waals surface area contributed by atoms with Crippen LogP contribution in [0.3, 0.4) is 0 Å². The van der Waals surface area contributed by atoms with E-state index in [9.17, 15) is 5.11 Å². The zero-order valence-corrected chi connectivity index (χ0v) is 16.3. The van der Waals surface area contributed by atoms with Crippen LogP contribution in [-0.4, -0.2) is 24.4 Å². The van der Waals surface area contributed by atoms with E-state index in [4.69, 9.17) is 11.2 Å². The van der Waals surface area contributed by atoms with Crippen LogP contribution in [0.15, 0.2) is 0 Å². The summed E-state index contributed by atoms with van der Waals surface area (Å²) >= 11 is 0. The van der Waals surface area contributed by atoms with E-state index in [0.29, 0.717) is 16.7 Å². The smallest absolute Gasteiger partial charge is 0.120 e. The number of terminal acetylenes is 1. The maximum atomic E-state index is 10.2. The average molecular weight is 345 g/mol. The summed E-state index contributed by atoms with van der Waals surface area (Å²) in [5.41, 5.74) is 0.833. The molecule has 4 aliphatic carbocycles. The van der Waals surface area contributed by atoms with Gasteiger partial charge in [-0.15, -0.1) is 6.42 Å². The Bertz CT molecular complexity index is 551. The molecule has 4 aliphatic rings. The van der Waals surface area contributed by atoms with Gasteiger partial charge in [0.2, 0.25) is 0 Å². The van der Waals surface area contributed by atoms with Crippen molar-refractivity contribution in [3.05, 3.63) is 0 Å². The van der Waals surface area contributed by atoms with Crippen molar-refractivity contribution in [3.63, 3.8) is 0 Å². The van der Waals surface area contributed by atoms with E-state index in [2.05, 4.69) is 19.8 Å². The molecule has 3 unspecified atom stereocenters. The molecule has 4 saturated carbocycles. The molecule has 0 bridgehead atoms. The molecule has 2 heteroatoms. The summed E-state index contributed by atoms with van der Waals surface area (Å²) in [4.78, 5) is 0. The monoisotopic (exact) mass is 344 g/mol. The van der Waals surface area contributed by atoms with Gasteiger partial charge in [0.15, 0.2) is 0 Å². The van der Waals surface area contributed by atoms with Crippen molar-refractivity contribution in [2.75, 3.05) is 7.11 Å². The first-order valence-corrected chi connectivity index (χ1v) is 10.6. The molecule has 0 heterocycles. The van der Waals surface area contributed by atoms with Gasteiger partial charge in [0.1, 0.15) is 6.10 Å². The van der Waals surface area contributed by atoms with Crippen LogP contribution in [0.25, 0.3) is 0 Å². The molecule has 0 aromatic carbocycles. The fourth-order valence-corrected chi connectivity index (χ4v) is 8.12. The van der Waals surface area contributed by atoms with Crippen molar-refractivity contribution >= 4 is 0 Å². The number of methoxy groups -OCH3 is 1. The van der Waals surface area contributed by atoms with Crippen LogP contribution in [0.1, 0.15) is 71.6 Å². The van der Waals surface area contributed by atoms with Gasteiger partial charge in [-0.1, -0.05) is 19.8 Å². The number of hydrogen-bond donors (Lipinski definition) is 1. The predicted molar refractivity (Wildman–Crippen MR) is 101 cm³/mol. The van der Waals surface area contributed by atoms with Crippen molar-refractivity contribution in [1.82, 2.24) is 0 Å². The first-order valence-electron chi connectivity index (χ1n) is 10.6. The molecular formula is C23H36O2. The number of hydrogen-bond acceptors (Lipinski definition) is 2. The van der Waals surface area contributed by atoms with E-state index < -0.39 is 0 Å². The van der Waals surface area contributed by atoms with E-state index in [1.54, 1.807) is 7.11 Å².